The second-order valence-electron chi connectivity index (χ2n) is 8.98. The zero-order valence-corrected chi connectivity index (χ0v) is 20.7. The summed E-state index contributed by atoms with van der Waals surface area (Å²) in [5.41, 5.74) is 5.09. The minimum atomic E-state index is -0.0631. The van der Waals surface area contributed by atoms with E-state index in [0.29, 0.717) is 16.6 Å². The van der Waals surface area contributed by atoms with Gasteiger partial charge in [-0.25, -0.2) is 4.98 Å². The van der Waals surface area contributed by atoms with E-state index in [9.17, 15) is 4.79 Å². The van der Waals surface area contributed by atoms with Crippen LogP contribution in [0.2, 0.25) is 10.0 Å². The molecule has 1 saturated heterocycles. The number of carbonyl (C=O) groups excluding carboxylic acids is 1. The van der Waals surface area contributed by atoms with Gasteiger partial charge in [-0.1, -0.05) is 35.3 Å². The number of ether oxygens (including phenoxy) is 1. The average Bonchev–Trinajstić information content (AvgIpc) is 3.56. The number of hydrogen-bond acceptors (Lipinski definition) is 4. The quantitative estimate of drug-likeness (QED) is 0.503. The summed E-state index contributed by atoms with van der Waals surface area (Å²) in [5.74, 6) is 1.09. The van der Waals surface area contributed by atoms with Gasteiger partial charge < -0.3 is 19.5 Å². The van der Waals surface area contributed by atoms with Crippen LogP contribution >= 0.6 is 23.2 Å². The first-order valence-corrected chi connectivity index (χ1v) is 12.4. The Labute approximate surface area is 209 Å². The molecular formula is C26H28Cl2N4O2. The van der Waals surface area contributed by atoms with Gasteiger partial charge in [-0.2, -0.15) is 0 Å². The van der Waals surface area contributed by atoms with Gasteiger partial charge in [0, 0.05) is 57.2 Å². The number of fused-ring (bicyclic) bond motifs is 1. The van der Waals surface area contributed by atoms with Gasteiger partial charge in [0.25, 0.3) is 0 Å². The number of halogens is 2. The lowest BCUT2D eigenvalue weighted by molar-refractivity contribution is -0.120. The maximum absolute atomic E-state index is 12.7. The molecule has 1 atom stereocenters. The molecule has 0 aliphatic carbocycles. The van der Waals surface area contributed by atoms with E-state index in [1.807, 2.05) is 6.07 Å². The molecule has 2 aliphatic rings. The van der Waals surface area contributed by atoms with Crippen molar-refractivity contribution >= 4 is 34.8 Å². The van der Waals surface area contributed by atoms with E-state index in [4.69, 9.17) is 32.9 Å². The van der Waals surface area contributed by atoms with Crippen LogP contribution < -0.4 is 10.2 Å². The molecule has 3 aromatic rings. The lowest BCUT2D eigenvalue weighted by Crippen LogP contribution is -2.27. The number of carbonyl (C=O) groups is 1. The van der Waals surface area contributed by atoms with Gasteiger partial charge in [-0.15, -0.1) is 0 Å². The molecule has 0 spiro atoms. The maximum atomic E-state index is 12.7. The second-order valence-corrected chi connectivity index (χ2v) is 9.79. The number of anilines is 1. The van der Waals surface area contributed by atoms with E-state index in [-0.39, 0.29) is 18.4 Å². The van der Waals surface area contributed by atoms with Crippen LogP contribution in [0.25, 0.3) is 11.3 Å². The smallest absolute Gasteiger partial charge is 0.224 e. The number of benzene rings is 2. The normalized spacial score (nSPS) is 17.3. The Bertz CT molecular complexity index is 1190. The molecule has 178 valence electrons. The number of nitrogens with one attached hydrogen (secondary N) is 1. The number of aromatic nitrogens is 2. The third kappa shape index (κ3) is 4.95. The van der Waals surface area contributed by atoms with Crippen LogP contribution in [-0.2, 0) is 35.5 Å². The summed E-state index contributed by atoms with van der Waals surface area (Å²) in [6.07, 6.45) is 5.80. The Morgan fingerprint density at radius 3 is 2.82 bits per heavy atom. The van der Waals surface area contributed by atoms with Gasteiger partial charge in [-0.3, -0.25) is 4.79 Å². The Kier molecular flexibility index (Phi) is 6.82. The molecule has 1 N–H and O–H groups in total. The molecule has 34 heavy (non-hydrogen) atoms. The predicted molar refractivity (Wildman–Crippen MR) is 136 cm³/mol. The van der Waals surface area contributed by atoms with Gasteiger partial charge in [-0.05, 0) is 48.2 Å². The highest BCUT2D eigenvalue weighted by Gasteiger charge is 2.25. The van der Waals surface area contributed by atoms with Gasteiger partial charge in [0.2, 0.25) is 5.91 Å². The summed E-state index contributed by atoms with van der Waals surface area (Å²) in [6.45, 7) is 3.25. The molecule has 2 aliphatic heterocycles. The van der Waals surface area contributed by atoms with Gasteiger partial charge in [0.15, 0.2) is 0 Å². The Morgan fingerprint density at radius 2 is 2.06 bits per heavy atom. The van der Waals surface area contributed by atoms with Gasteiger partial charge in [0.05, 0.1) is 28.3 Å². The number of methoxy groups -OCH3 is 1. The molecule has 1 fully saturated rings. The van der Waals surface area contributed by atoms with E-state index in [0.717, 1.165) is 72.8 Å². The zero-order valence-electron chi connectivity index (χ0n) is 19.2. The monoisotopic (exact) mass is 498 g/mol. The first-order chi connectivity index (χ1) is 16.5. The highest BCUT2D eigenvalue weighted by Crippen LogP contribution is 2.31. The van der Waals surface area contributed by atoms with Crippen LogP contribution in [0.4, 0.5) is 5.69 Å². The molecule has 1 aromatic heterocycles. The first-order valence-electron chi connectivity index (χ1n) is 11.7. The van der Waals surface area contributed by atoms with Gasteiger partial charge in [0.1, 0.15) is 5.82 Å². The molecule has 0 saturated carbocycles. The first kappa shape index (κ1) is 23.2. The van der Waals surface area contributed by atoms with Crippen LogP contribution in [0, 0.1) is 0 Å². The molecule has 1 amide bonds. The Morgan fingerprint density at radius 1 is 1.18 bits per heavy atom. The van der Waals surface area contributed by atoms with E-state index in [1.165, 1.54) is 0 Å². The number of hydrogen-bond donors (Lipinski definition) is 1. The number of rotatable bonds is 7. The van der Waals surface area contributed by atoms with Crippen molar-refractivity contribution in [2.24, 2.45) is 0 Å². The van der Waals surface area contributed by atoms with Crippen molar-refractivity contribution in [3.05, 3.63) is 69.6 Å². The maximum Gasteiger partial charge on any atom is 0.224 e. The van der Waals surface area contributed by atoms with Crippen LogP contribution in [0.5, 0.6) is 0 Å². The molecular weight excluding hydrogens is 471 g/mol. The van der Waals surface area contributed by atoms with E-state index in [1.54, 1.807) is 19.2 Å². The number of aryl methyl sites for hydroxylation is 2. The predicted octanol–water partition coefficient (Wildman–Crippen LogP) is 4.89. The van der Waals surface area contributed by atoms with Crippen molar-refractivity contribution in [1.82, 2.24) is 14.9 Å². The highest BCUT2D eigenvalue weighted by molar-refractivity contribution is 6.42. The van der Waals surface area contributed by atoms with Crippen molar-refractivity contribution in [2.45, 2.75) is 44.9 Å². The van der Waals surface area contributed by atoms with Crippen LogP contribution in [0.15, 0.2) is 42.6 Å². The molecule has 8 heteroatoms. The third-order valence-corrected chi connectivity index (χ3v) is 7.42. The van der Waals surface area contributed by atoms with E-state index < -0.39 is 0 Å². The summed E-state index contributed by atoms with van der Waals surface area (Å²) < 4.78 is 7.81. The van der Waals surface area contributed by atoms with Crippen LogP contribution in [0.1, 0.15) is 29.8 Å². The molecule has 0 bridgehead atoms. The van der Waals surface area contributed by atoms with Crippen LogP contribution in [-0.4, -0.2) is 41.8 Å². The van der Waals surface area contributed by atoms with Crippen molar-refractivity contribution in [2.75, 3.05) is 25.1 Å². The van der Waals surface area contributed by atoms with E-state index in [2.05, 4.69) is 39.2 Å². The minimum Gasteiger partial charge on any atom is -0.380 e. The van der Waals surface area contributed by atoms with Crippen molar-refractivity contribution in [3.63, 3.8) is 0 Å². The standard InChI is InChI=1S/C26H28Cl2N4O2/c1-34-20-8-10-31(15-20)24-7-5-18(23-16-32-9-2-3-25(32)30-23)13-19(24)14-29-26(33)12-17-4-6-21(27)22(28)11-17/h4-7,11,13,16,20H,2-3,8-10,12,14-15H2,1H3,(H,29,33). The van der Waals surface area contributed by atoms with Crippen LogP contribution in [0.3, 0.4) is 0 Å². The van der Waals surface area contributed by atoms with Crippen molar-refractivity contribution < 1.29 is 9.53 Å². The number of amides is 1. The van der Waals surface area contributed by atoms with E-state index >= 15 is 0 Å². The SMILES string of the molecule is COC1CCN(c2ccc(-c3cn4c(n3)CCC4)cc2CNC(=O)Cc2ccc(Cl)c(Cl)c2)C1. The Hall–Kier alpha value is -2.54. The highest BCUT2D eigenvalue weighted by atomic mass is 35.5. The lowest BCUT2D eigenvalue weighted by Gasteiger charge is -2.23. The average molecular weight is 499 g/mol. The molecule has 6 nitrogen and oxygen atoms in total. The fourth-order valence-corrected chi connectivity index (χ4v) is 5.14. The molecule has 0 radical (unpaired) electrons. The molecule has 2 aromatic carbocycles. The molecule has 3 heterocycles. The molecule has 1 unspecified atom stereocenters. The zero-order chi connectivity index (χ0) is 23.7. The topological polar surface area (TPSA) is 59.4 Å². The van der Waals surface area contributed by atoms with Crippen molar-refractivity contribution in [3.8, 4) is 11.3 Å². The number of nitrogens with zero attached hydrogens (tertiary/aromatic N) is 3. The molecule has 5 rings (SSSR count). The van der Waals surface area contributed by atoms with Crippen molar-refractivity contribution in [1.29, 1.82) is 0 Å². The summed E-state index contributed by atoms with van der Waals surface area (Å²) in [7, 11) is 1.76. The number of imidazole rings is 1. The summed E-state index contributed by atoms with van der Waals surface area (Å²) in [4.78, 5) is 19.9. The fraction of sp³-hybridized carbons (Fsp3) is 0.385. The summed E-state index contributed by atoms with van der Waals surface area (Å²) >= 11 is 12.1. The second kappa shape index (κ2) is 9.98. The third-order valence-electron chi connectivity index (χ3n) is 6.68. The summed E-state index contributed by atoms with van der Waals surface area (Å²) in [5, 5.41) is 4.03. The Balaban J connectivity index is 1.36. The largest absolute Gasteiger partial charge is 0.380 e. The summed E-state index contributed by atoms with van der Waals surface area (Å²) in [6, 6.07) is 11.7. The minimum absolute atomic E-state index is 0.0631. The fourth-order valence-electron chi connectivity index (χ4n) is 4.82. The van der Waals surface area contributed by atoms with Gasteiger partial charge >= 0.3 is 0 Å². The lowest BCUT2D eigenvalue weighted by atomic mass is 10.0.